The van der Waals surface area contributed by atoms with Gasteiger partial charge in [0.05, 0.1) is 18.9 Å². The lowest BCUT2D eigenvalue weighted by Crippen LogP contribution is -2.45. The average molecular weight is 240 g/mol. The Hall–Kier alpha value is -1.07. The Kier molecular flexibility index (Phi) is 3.40. The summed E-state index contributed by atoms with van der Waals surface area (Å²) in [7, 11) is 3.25. The Bertz CT molecular complexity index is 358. The maximum atomic E-state index is 10.5. The van der Waals surface area contributed by atoms with E-state index in [1.807, 2.05) is 6.92 Å². The predicted molar refractivity (Wildman–Crippen MR) is 63.0 cm³/mol. The molecule has 5 nitrogen and oxygen atoms in total. The first-order valence-corrected chi connectivity index (χ1v) is 6.01. The van der Waals surface area contributed by atoms with Crippen molar-refractivity contribution in [2.45, 2.75) is 44.4 Å². The maximum Gasteiger partial charge on any atom is 0.162 e. The second-order valence-corrected chi connectivity index (χ2v) is 4.44. The van der Waals surface area contributed by atoms with Gasteiger partial charge >= 0.3 is 0 Å². The topological polar surface area (TPSA) is 56.5 Å². The molecule has 17 heavy (non-hydrogen) atoms. The van der Waals surface area contributed by atoms with Crippen LogP contribution in [-0.4, -0.2) is 34.7 Å². The molecule has 0 aromatic carbocycles. The fraction of sp³-hybridized carbons (Fsp3) is 0.750. The molecular formula is C12H20N2O3. The first-order valence-electron chi connectivity index (χ1n) is 6.01. The van der Waals surface area contributed by atoms with E-state index < -0.39 is 11.7 Å². The summed E-state index contributed by atoms with van der Waals surface area (Å²) < 4.78 is 12.5. The fourth-order valence-electron chi connectivity index (χ4n) is 2.43. The van der Waals surface area contributed by atoms with Gasteiger partial charge in [-0.05, 0) is 26.2 Å². The lowest BCUT2D eigenvalue weighted by atomic mass is 9.74. The summed E-state index contributed by atoms with van der Waals surface area (Å²) in [5, 5.41) is 14.7. The van der Waals surface area contributed by atoms with Gasteiger partial charge in [0.15, 0.2) is 5.75 Å². The lowest BCUT2D eigenvalue weighted by Gasteiger charge is -2.44. The molecule has 1 aliphatic rings. The molecule has 0 saturated heterocycles. The van der Waals surface area contributed by atoms with Crippen LogP contribution in [0, 0.1) is 0 Å². The van der Waals surface area contributed by atoms with Crippen molar-refractivity contribution in [3.8, 4) is 5.75 Å². The van der Waals surface area contributed by atoms with Crippen molar-refractivity contribution in [1.82, 2.24) is 9.78 Å². The van der Waals surface area contributed by atoms with Crippen molar-refractivity contribution in [2.24, 2.45) is 0 Å². The van der Waals surface area contributed by atoms with Gasteiger partial charge in [-0.3, -0.25) is 4.68 Å². The number of aromatic nitrogens is 2. The number of aliphatic hydroxyl groups is 1. The normalized spacial score (nSPS) is 19.8. The molecule has 0 spiro atoms. The number of methoxy groups -OCH3 is 2. The number of aliphatic hydroxyl groups excluding tert-OH is 1. The van der Waals surface area contributed by atoms with Crippen LogP contribution >= 0.6 is 0 Å². The third-order valence-electron chi connectivity index (χ3n) is 3.73. The molecule has 1 saturated carbocycles. The first kappa shape index (κ1) is 12.4. The summed E-state index contributed by atoms with van der Waals surface area (Å²) in [6.45, 7) is 2.69. The Morgan fingerprint density at radius 1 is 1.53 bits per heavy atom. The molecule has 1 aromatic rings. The van der Waals surface area contributed by atoms with E-state index in [-0.39, 0.29) is 0 Å². The monoisotopic (exact) mass is 240 g/mol. The highest BCUT2D eigenvalue weighted by molar-refractivity contribution is 5.30. The van der Waals surface area contributed by atoms with Crippen LogP contribution in [-0.2, 0) is 11.3 Å². The van der Waals surface area contributed by atoms with Crippen LogP contribution in [0.1, 0.15) is 38.0 Å². The molecule has 1 aromatic heterocycles. The second kappa shape index (κ2) is 4.66. The predicted octanol–water partition coefficient (Wildman–Crippen LogP) is 1.51. The highest BCUT2D eigenvalue weighted by Crippen LogP contribution is 2.46. The highest BCUT2D eigenvalue weighted by Gasteiger charge is 2.46. The summed E-state index contributed by atoms with van der Waals surface area (Å²) in [6, 6.07) is 0. The minimum atomic E-state index is -0.682. The van der Waals surface area contributed by atoms with Crippen molar-refractivity contribution < 1.29 is 14.6 Å². The minimum absolute atomic E-state index is 0.458. The first-order chi connectivity index (χ1) is 8.18. The minimum Gasteiger partial charge on any atom is -0.493 e. The van der Waals surface area contributed by atoms with Crippen LogP contribution in [0.4, 0.5) is 0 Å². The summed E-state index contributed by atoms with van der Waals surface area (Å²) in [4.78, 5) is 0. The van der Waals surface area contributed by atoms with Crippen molar-refractivity contribution in [1.29, 1.82) is 0 Å². The van der Waals surface area contributed by atoms with Gasteiger partial charge in [0, 0.05) is 13.7 Å². The van der Waals surface area contributed by atoms with Gasteiger partial charge in [-0.2, -0.15) is 5.10 Å². The summed E-state index contributed by atoms with van der Waals surface area (Å²) >= 11 is 0. The summed E-state index contributed by atoms with van der Waals surface area (Å²) in [5.74, 6) is 0.627. The summed E-state index contributed by atoms with van der Waals surface area (Å²) in [6.07, 6.45) is 3.81. The number of ether oxygens (including phenoxy) is 2. The van der Waals surface area contributed by atoms with E-state index in [9.17, 15) is 5.11 Å². The molecule has 1 atom stereocenters. The van der Waals surface area contributed by atoms with E-state index in [1.54, 1.807) is 25.1 Å². The van der Waals surface area contributed by atoms with Crippen molar-refractivity contribution in [3.63, 3.8) is 0 Å². The molecule has 1 heterocycles. The average Bonchev–Trinajstić information content (AvgIpc) is 2.70. The molecule has 2 rings (SSSR count). The quantitative estimate of drug-likeness (QED) is 0.847. The Labute approximate surface area is 101 Å². The van der Waals surface area contributed by atoms with E-state index in [4.69, 9.17) is 9.47 Å². The molecule has 0 amide bonds. The zero-order valence-electron chi connectivity index (χ0n) is 10.6. The van der Waals surface area contributed by atoms with Crippen LogP contribution in [0.2, 0.25) is 0 Å². The van der Waals surface area contributed by atoms with E-state index in [0.29, 0.717) is 12.3 Å². The molecule has 1 aliphatic carbocycles. The maximum absolute atomic E-state index is 10.5. The lowest BCUT2D eigenvalue weighted by molar-refractivity contribution is -0.154. The van der Waals surface area contributed by atoms with E-state index >= 15 is 0 Å². The Balaban J connectivity index is 2.34. The number of hydrogen-bond donors (Lipinski definition) is 1. The van der Waals surface area contributed by atoms with Crippen LogP contribution in [0.25, 0.3) is 0 Å². The van der Waals surface area contributed by atoms with E-state index in [2.05, 4.69) is 5.10 Å². The zero-order valence-corrected chi connectivity index (χ0v) is 10.6. The summed E-state index contributed by atoms with van der Waals surface area (Å²) in [5.41, 5.74) is 0.261. The van der Waals surface area contributed by atoms with Gasteiger partial charge < -0.3 is 14.6 Å². The van der Waals surface area contributed by atoms with Crippen LogP contribution in [0.5, 0.6) is 5.75 Å². The Morgan fingerprint density at radius 3 is 2.65 bits per heavy atom. The molecule has 96 valence electrons. The molecule has 1 unspecified atom stereocenters. The van der Waals surface area contributed by atoms with Gasteiger partial charge in [0.2, 0.25) is 0 Å². The second-order valence-electron chi connectivity index (χ2n) is 4.44. The molecule has 0 radical (unpaired) electrons. The molecule has 0 bridgehead atoms. The SMILES string of the molecule is CCn1ncc(OC)c1C(O)C1(OC)CCC1. The van der Waals surface area contributed by atoms with Crippen LogP contribution < -0.4 is 4.74 Å². The standard InChI is InChI=1S/C12H20N2O3/c1-4-14-10(9(16-2)8-13-14)11(15)12(17-3)6-5-7-12/h8,11,15H,4-7H2,1-3H3. The third kappa shape index (κ3) is 1.83. The van der Waals surface area contributed by atoms with Gasteiger partial charge in [-0.1, -0.05) is 0 Å². The van der Waals surface area contributed by atoms with Gasteiger partial charge in [0.1, 0.15) is 11.8 Å². The van der Waals surface area contributed by atoms with Crippen LogP contribution in [0.3, 0.4) is 0 Å². The number of hydrogen-bond acceptors (Lipinski definition) is 4. The van der Waals surface area contributed by atoms with Gasteiger partial charge in [-0.25, -0.2) is 0 Å². The highest BCUT2D eigenvalue weighted by atomic mass is 16.5. The molecule has 1 fully saturated rings. The van der Waals surface area contributed by atoms with Crippen molar-refractivity contribution in [3.05, 3.63) is 11.9 Å². The van der Waals surface area contributed by atoms with E-state index in [1.165, 1.54) is 0 Å². The number of aryl methyl sites for hydroxylation is 1. The molecule has 5 heteroatoms. The zero-order chi connectivity index (χ0) is 12.5. The van der Waals surface area contributed by atoms with Crippen LogP contribution in [0.15, 0.2) is 6.20 Å². The number of rotatable bonds is 5. The molecule has 0 aliphatic heterocycles. The third-order valence-corrected chi connectivity index (χ3v) is 3.73. The largest absolute Gasteiger partial charge is 0.493 e. The molecular weight excluding hydrogens is 220 g/mol. The van der Waals surface area contributed by atoms with Gasteiger partial charge in [-0.15, -0.1) is 0 Å². The number of nitrogens with zero attached hydrogens (tertiary/aromatic N) is 2. The van der Waals surface area contributed by atoms with Gasteiger partial charge in [0.25, 0.3) is 0 Å². The van der Waals surface area contributed by atoms with Crippen molar-refractivity contribution >= 4 is 0 Å². The van der Waals surface area contributed by atoms with Crippen molar-refractivity contribution in [2.75, 3.05) is 14.2 Å². The fourth-order valence-corrected chi connectivity index (χ4v) is 2.43. The molecule has 1 N–H and O–H groups in total. The smallest absolute Gasteiger partial charge is 0.162 e. The van der Waals surface area contributed by atoms with E-state index in [0.717, 1.165) is 25.0 Å². The Morgan fingerprint density at radius 2 is 2.24 bits per heavy atom.